The summed E-state index contributed by atoms with van der Waals surface area (Å²) in [6.45, 7) is 0. The fraction of sp³-hybridized carbons (Fsp3) is 0.150. The maximum atomic E-state index is 4.88. The first-order chi connectivity index (χ1) is 12.8. The standard InChI is InChI=1S/C20H16N6/c1-26-17-5-4-16-14(3-2-9-22-16)20(17)25-19(26)7-6-18-23-12-13-11-21-10-8-15(13)24-18/h2-5,8-12H,6-7H2,1H3. The third-order valence-electron chi connectivity index (χ3n) is 4.73. The van der Waals surface area contributed by atoms with Crippen LogP contribution in [0.4, 0.5) is 0 Å². The molecule has 0 atom stereocenters. The minimum absolute atomic E-state index is 0.742. The molecule has 0 unspecified atom stereocenters. The van der Waals surface area contributed by atoms with Gasteiger partial charge in [0.2, 0.25) is 0 Å². The fourth-order valence-electron chi connectivity index (χ4n) is 3.34. The third-order valence-corrected chi connectivity index (χ3v) is 4.73. The van der Waals surface area contributed by atoms with E-state index < -0.39 is 0 Å². The number of aryl methyl sites for hydroxylation is 3. The quantitative estimate of drug-likeness (QED) is 0.504. The van der Waals surface area contributed by atoms with Gasteiger partial charge in [-0.05, 0) is 30.3 Å². The van der Waals surface area contributed by atoms with E-state index in [4.69, 9.17) is 4.98 Å². The highest BCUT2D eigenvalue weighted by atomic mass is 15.1. The van der Waals surface area contributed by atoms with Crippen LogP contribution in [0.1, 0.15) is 11.6 Å². The van der Waals surface area contributed by atoms with Crippen LogP contribution in [0.3, 0.4) is 0 Å². The van der Waals surface area contributed by atoms with Crippen LogP contribution in [0.5, 0.6) is 0 Å². The van der Waals surface area contributed by atoms with E-state index in [9.17, 15) is 0 Å². The Morgan fingerprint density at radius 1 is 0.885 bits per heavy atom. The lowest BCUT2D eigenvalue weighted by atomic mass is 10.2. The molecule has 4 heterocycles. The predicted octanol–water partition coefficient (Wildman–Crippen LogP) is 3.24. The van der Waals surface area contributed by atoms with Crippen molar-refractivity contribution in [3.63, 3.8) is 0 Å². The van der Waals surface area contributed by atoms with Crippen LogP contribution in [0.15, 0.2) is 55.1 Å². The summed E-state index contributed by atoms with van der Waals surface area (Å²) in [5, 5.41) is 2.04. The summed E-state index contributed by atoms with van der Waals surface area (Å²) >= 11 is 0. The Morgan fingerprint density at radius 3 is 2.81 bits per heavy atom. The summed E-state index contributed by atoms with van der Waals surface area (Å²) in [6, 6.07) is 10.1. The first-order valence-electron chi connectivity index (χ1n) is 8.54. The molecule has 6 nitrogen and oxygen atoms in total. The first kappa shape index (κ1) is 14.9. The van der Waals surface area contributed by atoms with Gasteiger partial charge in [0, 0.05) is 55.4 Å². The zero-order chi connectivity index (χ0) is 17.5. The number of nitrogens with zero attached hydrogens (tertiary/aromatic N) is 6. The second-order valence-electron chi connectivity index (χ2n) is 6.31. The molecule has 0 amide bonds. The molecule has 1 aromatic carbocycles. The molecular weight excluding hydrogens is 324 g/mol. The van der Waals surface area contributed by atoms with Gasteiger partial charge in [-0.3, -0.25) is 9.97 Å². The van der Waals surface area contributed by atoms with Crippen LogP contribution in [0.25, 0.3) is 32.8 Å². The number of hydrogen-bond donors (Lipinski definition) is 0. The average molecular weight is 340 g/mol. The lowest BCUT2D eigenvalue weighted by molar-refractivity contribution is 0.762. The molecular formula is C20H16N6. The summed E-state index contributed by atoms with van der Waals surface area (Å²) in [5.74, 6) is 1.84. The van der Waals surface area contributed by atoms with Crippen molar-refractivity contribution in [1.82, 2.24) is 29.5 Å². The Hall–Kier alpha value is -3.41. The summed E-state index contributed by atoms with van der Waals surface area (Å²) in [7, 11) is 2.06. The van der Waals surface area contributed by atoms with Crippen LogP contribution in [-0.4, -0.2) is 29.5 Å². The Morgan fingerprint density at radius 2 is 1.85 bits per heavy atom. The van der Waals surface area contributed by atoms with Crippen LogP contribution in [0, 0.1) is 0 Å². The van der Waals surface area contributed by atoms with E-state index in [-0.39, 0.29) is 0 Å². The molecule has 5 rings (SSSR count). The van der Waals surface area contributed by atoms with E-state index in [1.807, 2.05) is 30.6 Å². The SMILES string of the molecule is Cn1c(CCc2ncc3cnccc3n2)nc2c3cccnc3ccc21. The van der Waals surface area contributed by atoms with Crippen LogP contribution in [0.2, 0.25) is 0 Å². The van der Waals surface area contributed by atoms with Gasteiger partial charge in [0.15, 0.2) is 0 Å². The van der Waals surface area contributed by atoms with Gasteiger partial charge in [-0.1, -0.05) is 0 Å². The number of pyridine rings is 2. The molecule has 0 saturated heterocycles. The first-order valence-corrected chi connectivity index (χ1v) is 8.54. The van der Waals surface area contributed by atoms with E-state index in [1.54, 1.807) is 12.4 Å². The van der Waals surface area contributed by atoms with Crippen molar-refractivity contribution in [3.8, 4) is 0 Å². The highest BCUT2D eigenvalue weighted by Gasteiger charge is 2.12. The van der Waals surface area contributed by atoms with Crippen molar-refractivity contribution < 1.29 is 0 Å². The van der Waals surface area contributed by atoms with Crippen molar-refractivity contribution in [2.45, 2.75) is 12.8 Å². The van der Waals surface area contributed by atoms with Gasteiger partial charge >= 0.3 is 0 Å². The van der Waals surface area contributed by atoms with Crippen molar-refractivity contribution in [1.29, 1.82) is 0 Å². The lowest BCUT2D eigenvalue weighted by Gasteiger charge is -2.03. The Bertz CT molecular complexity index is 1260. The lowest BCUT2D eigenvalue weighted by Crippen LogP contribution is -2.03. The van der Waals surface area contributed by atoms with E-state index in [0.717, 1.165) is 57.3 Å². The Kier molecular flexibility index (Phi) is 3.35. The number of fused-ring (bicyclic) bond motifs is 4. The van der Waals surface area contributed by atoms with Gasteiger partial charge in [-0.15, -0.1) is 0 Å². The molecule has 0 saturated carbocycles. The topological polar surface area (TPSA) is 69.4 Å². The van der Waals surface area contributed by atoms with Crippen molar-refractivity contribution in [2.75, 3.05) is 0 Å². The second kappa shape index (κ2) is 5.84. The zero-order valence-corrected chi connectivity index (χ0v) is 14.3. The molecule has 0 radical (unpaired) electrons. The monoisotopic (exact) mass is 340 g/mol. The van der Waals surface area contributed by atoms with Gasteiger partial charge in [0.05, 0.1) is 22.1 Å². The Labute approximate surface area is 149 Å². The van der Waals surface area contributed by atoms with Crippen molar-refractivity contribution in [3.05, 3.63) is 66.8 Å². The molecule has 0 fully saturated rings. The van der Waals surface area contributed by atoms with Gasteiger partial charge in [0.25, 0.3) is 0 Å². The molecule has 0 aliphatic carbocycles. The maximum absolute atomic E-state index is 4.88. The maximum Gasteiger partial charge on any atom is 0.129 e. The highest BCUT2D eigenvalue weighted by molar-refractivity contribution is 6.02. The largest absolute Gasteiger partial charge is 0.331 e. The molecule has 0 aliphatic heterocycles. The molecule has 5 aromatic rings. The van der Waals surface area contributed by atoms with E-state index in [1.165, 1.54) is 0 Å². The number of benzene rings is 1. The zero-order valence-electron chi connectivity index (χ0n) is 14.3. The predicted molar refractivity (Wildman–Crippen MR) is 101 cm³/mol. The number of rotatable bonds is 3. The smallest absolute Gasteiger partial charge is 0.129 e. The average Bonchev–Trinajstić information content (AvgIpc) is 3.02. The number of aromatic nitrogens is 6. The van der Waals surface area contributed by atoms with Gasteiger partial charge < -0.3 is 4.57 Å². The summed E-state index contributed by atoms with van der Waals surface area (Å²) in [4.78, 5) is 22.5. The van der Waals surface area contributed by atoms with Gasteiger partial charge in [-0.25, -0.2) is 15.0 Å². The summed E-state index contributed by atoms with van der Waals surface area (Å²) in [5.41, 5.74) is 4.01. The van der Waals surface area contributed by atoms with Crippen LogP contribution >= 0.6 is 0 Å². The highest BCUT2D eigenvalue weighted by Crippen LogP contribution is 2.24. The fourth-order valence-corrected chi connectivity index (χ4v) is 3.34. The normalized spacial score (nSPS) is 11.6. The van der Waals surface area contributed by atoms with Gasteiger partial charge in [0.1, 0.15) is 11.6 Å². The second-order valence-corrected chi connectivity index (χ2v) is 6.31. The molecule has 6 heteroatoms. The molecule has 26 heavy (non-hydrogen) atoms. The van der Waals surface area contributed by atoms with Gasteiger partial charge in [-0.2, -0.15) is 0 Å². The van der Waals surface area contributed by atoms with Crippen molar-refractivity contribution >= 4 is 32.8 Å². The number of hydrogen-bond acceptors (Lipinski definition) is 5. The van der Waals surface area contributed by atoms with Crippen molar-refractivity contribution in [2.24, 2.45) is 7.05 Å². The molecule has 0 spiro atoms. The number of imidazole rings is 1. The van der Waals surface area contributed by atoms with Crippen LogP contribution in [-0.2, 0) is 19.9 Å². The molecule has 0 N–H and O–H groups in total. The van der Waals surface area contributed by atoms with E-state index >= 15 is 0 Å². The van der Waals surface area contributed by atoms with Crippen LogP contribution < -0.4 is 0 Å². The molecule has 0 aliphatic rings. The third kappa shape index (κ3) is 2.38. The minimum atomic E-state index is 0.742. The molecule has 0 bridgehead atoms. The van der Waals surface area contributed by atoms with E-state index in [2.05, 4.69) is 43.7 Å². The summed E-state index contributed by atoms with van der Waals surface area (Å²) < 4.78 is 2.15. The summed E-state index contributed by atoms with van der Waals surface area (Å²) in [6.07, 6.45) is 8.70. The molecule has 126 valence electrons. The molecule has 4 aromatic heterocycles. The Balaban J connectivity index is 1.50. The van der Waals surface area contributed by atoms with E-state index in [0.29, 0.717) is 0 Å². The minimum Gasteiger partial charge on any atom is -0.331 e.